The average molecular weight is 339 g/mol. The lowest BCUT2D eigenvalue weighted by molar-refractivity contribution is -0.138. The molecule has 104 valence electrons. The minimum absolute atomic E-state index is 0.176. The summed E-state index contributed by atoms with van der Waals surface area (Å²) in [6, 6.07) is 1.85. The smallest absolute Gasteiger partial charge is 0.416 e. The minimum Gasteiger partial charge on any atom is -0.465 e. The Morgan fingerprint density at radius 1 is 1.32 bits per heavy atom. The van der Waals surface area contributed by atoms with Gasteiger partial charge in [0.1, 0.15) is 0 Å². The molecule has 19 heavy (non-hydrogen) atoms. The van der Waals surface area contributed by atoms with Crippen LogP contribution in [0.5, 0.6) is 0 Å². The highest BCUT2D eigenvalue weighted by atomic mass is 79.9. The molecule has 1 aromatic rings. The lowest BCUT2D eigenvalue weighted by Gasteiger charge is -2.15. The predicted molar refractivity (Wildman–Crippen MR) is 65.4 cm³/mol. The van der Waals surface area contributed by atoms with E-state index in [1.54, 1.807) is 0 Å². The first-order valence-corrected chi connectivity index (χ1v) is 6.23. The summed E-state index contributed by atoms with van der Waals surface area (Å²) in [5.74, 6) is -1.47. The highest BCUT2D eigenvalue weighted by molar-refractivity contribution is 9.08. The maximum absolute atomic E-state index is 12.9. The third-order valence-corrected chi connectivity index (χ3v) is 3.06. The normalized spacial score (nSPS) is 11.3. The van der Waals surface area contributed by atoms with Gasteiger partial charge in [0.2, 0.25) is 0 Å². The molecule has 0 N–H and O–H groups in total. The third kappa shape index (κ3) is 3.34. The minimum atomic E-state index is -4.66. The SMILES string of the molecule is COC(=O)c1cc(C(C)=O)cc(C(F)(F)F)c1CBr. The fraction of sp³-hybridized carbons (Fsp3) is 0.333. The Bertz CT molecular complexity index is 524. The van der Waals surface area contributed by atoms with Gasteiger partial charge in [-0.3, -0.25) is 4.79 Å². The van der Waals surface area contributed by atoms with Crippen LogP contribution < -0.4 is 0 Å². The molecular weight excluding hydrogens is 329 g/mol. The van der Waals surface area contributed by atoms with Crippen LogP contribution in [-0.4, -0.2) is 18.9 Å². The third-order valence-electron chi connectivity index (χ3n) is 2.50. The number of methoxy groups -OCH3 is 1. The molecule has 0 spiro atoms. The molecule has 0 saturated heterocycles. The molecular formula is C12H10BrF3O3. The van der Waals surface area contributed by atoms with Crippen molar-refractivity contribution in [3.8, 4) is 0 Å². The fourth-order valence-corrected chi connectivity index (χ4v) is 2.17. The van der Waals surface area contributed by atoms with Crippen LogP contribution >= 0.6 is 15.9 Å². The molecule has 0 saturated carbocycles. The molecule has 0 unspecified atom stereocenters. The maximum atomic E-state index is 12.9. The van der Waals surface area contributed by atoms with Crippen LogP contribution in [0.15, 0.2) is 12.1 Å². The Hall–Kier alpha value is -1.37. The molecule has 0 aliphatic carbocycles. The number of carbonyl (C=O) groups is 2. The number of alkyl halides is 4. The van der Waals surface area contributed by atoms with Crippen molar-refractivity contribution in [1.29, 1.82) is 0 Å². The van der Waals surface area contributed by atoms with E-state index in [0.717, 1.165) is 26.2 Å². The number of hydrogen-bond donors (Lipinski definition) is 0. The number of benzene rings is 1. The monoisotopic (exact) mass is 338 g/mol. The second-order valence-corrected chi connectivity index (χ2v) is 4.29. The van der Waals surface area contributed by atoms with Crippen LogP contribution in [0.1, 0.15) is 38.8 Å². The molecule has 3 nitrogen and oxygen atoms in total. The van der Waals surface area contributed by atoms with Crippen LogP contribution in [0.4, 0.5) is 13.2 Å². The summed E-state index contributed by atoms with van der Waals surface area (Å²) in [6.07, 6.45) is -4.66. The summed E-state index contributed by atoms with van der Waals surface area (Å²) in [5, 5.41) is -0.176. The summed E-state index contributed by atoms with van der Waals surface area (Å²) in [7, 11) is 1.06. The van der Waals surface area contributed by atoms with Crippen LogP contribution in [0.25, 0.3) is 0 Å². The van der Waals surface area contributed by atoms with Crippen LogP contribution in [0, 0.1) is 0 Å². The van der Waals surface area contributed by atoms with Gasteiger partial charge in [0, 0.05) is 10.9 Å². The zero-order chi connectivity index (χ0) is 14.8. The van der Waals surface area contributed by atoms with Crippen LogP contribution in [0.3, 0.4) is 0 Å². The van der Waals surface area contributed by atoms with Gasteiger partial charge in [0.15, 0.2) is 5.78 Å². The van der Waals surface area contributed by atoms with Gasteiger partial charge in [-0.15, -0.1) is 0 Å². The summed E-state index contributed by atoms with van der Waals surface area (Å²) in [6.45, 7) is 1.13. The van der Waals surface area contributed by atoms with E-state index in [2.05, 4.69) is 20.7 Å². The fourth-order valence-electron chi connectivity index (χ4n) is 1.56. The van der Waals surface area contributed by atoms with E-state index < -0.39 is 23.5 Å². The first-order chi connectivity index (χ1) is 8.72. The van der Waals surface area contributed by atoms with Gasteiger partial charge in [-0.2, -0.15) is 13.2 Å². The highest BCUT2D eigenvalue weighted by Gasteiger charge is 2.36. The van der Waals surface area contributed by atoms with Crippen LogP contribution in [0.2, 0.25) is 0 Å². The topological polar surface area (TPSA) is 43.4 Å². The Balaban J connectivity index is 3.66. The largest absolute Gasteiger partial charge is 0.465 e. The number of ether oxygens (including phenoxy) is 1. The molecule has 0 aromatic heterocycles. The molecule has 0 fully saturated rings. The molecule has 0 aliphatic heterocycles. The van der Waals surface area contributed by atoms with Gasteiger partial charge in [-0.05, 0) is 24.6 Å². The first kappa shape index (κ1) is 15.7. The van der Waals surface area contributed by atoms with Crippen molar-refractivity contribution >= 4 is 27.7 Å². The maximum Gasteiger partial charge on any atom is 0.416 e. The molecule has 0 amide bonds. The van der Waals surface area contributed by atoms with E-state index in [1.807, 2.05) is 0 Å². The van der Waals surface area contributed by atoms with E-state index in [-0.39, 0.29) is 22.0 Å². The molecule has 0 bridgehead atoms. The van der Waals surface area contributed by atoms with Crippen molar-refractivity contribution < 1.29 is 27.5 Å². The highest BCUT2D eigenvalue weighted by Crippen LogP contribution is 2.35. The van der Waals surface area contributed by atoms with Crippen molar-refractivity contribution in [2.24, 2.45) is 0 Å². The second-order valence-electron chi connectivity index (χ2n) is 3.73. The summed E-state index contributed by atoms with van der Waals surface area (Å²) >= 11 is 2.92. The zero-order valence-electron chi connectivity index (χ0n) is 10.1. The predicted octanol–water partition coefficient (Wildman–Crippen LogP) is 3.59. The number of ketones is 1. The Morgan fingerprint density at radius 3 is 2.26 bits per heavy atom. The average Bonchev–Trinajstić information content (AvgIpc) is 2.34. The van der Waals surface area contributed by atoms with Crippen LogP contribution in [-0.2, 0) is 16.2 Å². The van der Waals surface area contributed by atoms with E-state index >= 15 is 0 Å². The summed E-state index contributed by atoms with van der Waals surface area (Å²) in [5.41, 5.74) is -1.71. The Labute approximate surface area is 115 Å². The summed E-state index contributed by atoms with van der Waals surface area (Å²) < 4.78 is 43.3. The quantitative estimate of drug-likeness (QED) is 0.480. The van der Waals surface area contributed by atoms with E-state index in [4.69, 9.17) is 0 Å². The summed E-state index contributed by atoms with van der Waals surface area (Å²) in [4.78, 5) is 22.8. The van der Waals surface area contributed by atoms with E-state index in [0.29, 0.717) is 0 Å². The van der Waals surface area contributed by atoms with Gasteiger partial charge in [0.05, 0.1) is 18.2 Å². The standard InChI is InChI=1S/C12H10BrF3O3/c1-6(17)7-3-8(11(18)19-2)9(5-13)10(4-7)12(14,15)16/h3-4H,5H2,1-2H3. The first-order valence-electron chi connectivity index (χ1n) is 5.11. The lowest BCUT2D eigenvalue weighted by atomic mass is 9.96. The Morgan fingerprint density at radius 2 is 1.89 bits per heavy atom. The van der Waals surface area contributed by atoms with Gasteiger partial charge in [-0.25, -0.2) is 4.79 Å². The number of hydrogen-bond acceptors (Lipinski definition) is 3. The molecule has 7 heteroatoms. The zero-order valence-corrected chi connectivity index (χ0v) is 11.7. The molecule has 0 radical (unpaired) electrons. The van der Waals surface area contributed by atoms with Gasteiger partial charge >= 0.3 is 12.1 Å². The molecule has 1 rings (SSSR count). The van der Waals surface area contributed by atoms with Crippen molar-refractivity contribution in [3.63, 3.8) is 0 Å². The molecule has 0 aliphatic rings. The number of esters is 1. The van der Waals surface area contributed by atoms with Gasteiger partial charge in [0.25, 0.3) is 0 Å². The van der Waals surface area contributed by atoms with E-state index in [1.165, 1.54) is 0 Å². The molecule has 0 heterocycles. The van der Waals surface area contributed by atoms with Gasteiger partial charge in [-0.1, -0.05) is 15.9 Å². The molecule has 1 aromatic carbocycles. The van der Waals surface area contributed by atoms with Gasteiger partial charge < -0.3 is 4.74 Å². The second kappa shape index (κ2) is 5.73. The lowest BCUT2D eigenvalue weighted by Crippen LogP contribution is -2.16. The number of halogens is 4. The number of rotatable bonds is 3. The number of Topliss-reactive ketones (excluding diaryl/α,β-unsaturated/α-hetero) is 1. The van der Waals surface area contributed by atoms with Crippen molar-refractivity contribution in [3.05, 3.63) is 34.4 Å². The van der Waals surface area contributed by atoms with E-state index in [9.17, 15) is 22.8 Å². The molecule has 0 atom stereocenters. The van der Waals surface area contributed by atoms with Crippen molar-refractivity contribution in [2.75, 3.05) is 7.11 Å². The van der Waals surface area contributed by atoms with Crippen molar-refractivity contribution in [1.82, 2.24) is 0 Å². The number of carbonyl (C=O) groups excluding carboxylic acids is 2. The van der Waals surface area contributed by atoms with Crippen molar-refractivity contribution in [2.45, 2.75) is 18.4 Å². The Kier molecular flexibility index (Phi) is 4.73.